The second-order valence-electron chi connectivity index (χ2n) is 5.02. The first-order valence-corrected chi connectivity index (χ1v) is 6.56. The summed E-state index contributed by atoms with van der Waals surface area (Å²) in [4.78, 5) is 10.9. The molecule has 1 fully saturated rings. The number of carboxylic acid groups (broad SMARTS) is 1. The van der Waals surface area contributed by atoms with Crippen LogP contribution in [0.25, 0.3) is 0 Å². The van der Waals surface area contributed by atoms with Gasteiger partial charge in [0.25, 0.3) is 0 Å². The molecule has 1 aromatic rings. The molecule has 0 aliphatic heterocycles. The van der Waals surface area contributed by atoms with Crippen LogP contribution in [0.1, 0.15) is 36.5 Å². The van der Waals surface area contributed by atoms with E-state index >= 15 is 0 Å². The number of halogens is 1. The summed E-state index contributed by atoms with van der Waals surface area (Å²) in [5, 5.41) is 12.3. The molecule has 1 aliphatic rings. The van der Waals surface area contributed by atoms with Crippen molar-refractivity contribution in [1.82, 2.24) is 0 Å². The Balaban J connectivity index is 2.02. The van der Waals surface area contributed by atoms with Gasteiger partial charge >= 0.3 is 5.97 Å². The summed E-state index contributed by atoms with van der Waals surface area (Å²) in [7, 11) is 0. The van der Waals surface area contributed by atoms with Crippen LogP contribution in [-0.4, -0.2) is 17.6 Å². The third-order valence-corrected chi connectivity index (χ3v) is 4.14. The van der Waals surface area contributed by atoms with Gasteiger partial charge in [0.15, 0.2) is 0 Å². The average molecular weight is 298 g/mol. The number of carbonyl (C=O) groups is 1. The van der Waals surface area contributed by atoms with Gasteiger partial charge in [-0.1, -0.05) is 13.3 Å². The van der Waals surface area contributed by atoms with Crippen LogP contribution in [0.15, 0.2) is 22.7 Å². The highest BCUT2D eigenvalue weighted by atomic mass is 79.9. The molecule has 17 heavy (non-hydrogen) atoms. The number of carboxylic acids is 1. The van der Waals surface area contributed by atoms with Crippen LogP contribution in [-0.2, 0) is 0 Å². The monoisotopic (exact) mass is 297 g/mol. The zero-order valence-corrected chi connectivity index (χ0v) is 11.4. The highest BCUT2D eigenvalue weighted by molar-refractivity contribution is 9.10. The van der Waals surface area contributed by atoms with Crippen LogP contribution in [0, 0.1) is 5.41 Å². The fourth-order valence-corrected chi connectivity index (χ4v) is 2.62. The largest absolute Gasteiger partial charge is 0.478 e. The van der Waals surface area contributed by atoms with Gasteiger partial charge in [0.2, 0.25) is 0 Å². The highest BCUT2D eigenvalue weighted by Crippen LogP contribution is 2.40. The fraction of sp³-hybridized carbons (Fsp3) is 0.462. The predicted molar refractivity (Wildman–Crippen MR) is 71.5 cm³/mol. The van der Waals surface area contributed by atoms with E-state index in [1.807, 2.05) is 12.1 Å². The highest BCUT2D eigenvalue weighted by Gasteiger charge is 2.31. The molecule has 0 unspecified atom stereocenters. The van der Waals surface area contributed by atoms with Crippen molar-refractivity contribution in [2.75, 3.05) is 11.9 Å². The van der Waals surface area contributed by atoms with Gasteiger partial charge in [-0.05, 0) is 52.4 Å². The van der Waals surface area contributed by atoms with Crippen LogP contribution in [0.5, 0.6) is 0 Å². The van der Waals surface area contributed by atoms with Crippen molar-refractivity contribution in [2.45, 2.75) is 26.2 Å². The molecule has 0 bridgehead atoms. The Bertz CT molecular complexity index is 441. The first-order valence-electron chi connectivity index (χ1n) is 5.77. The van der Waals surface area contributed by atoms with E-state index in [2.05, 4.69) is 28.2 Å². The third-order valence-electron chi connectivity index (χ3n) is 3.48. The molecule has 0 spiro atoms. The molecule has 1 aliphatic carbocycles. The van der Waals surface area contributed by atoms with Gasteiger partial charge in [-0.25, -0.2) is 4.79 Å². The molecule has 4 heteroatoms. The SMILES string of the molecule is CC1(CNc2ccc(C(=O)O)c(Br)c2)CCC1. The quantitative estimate of drug-likeness (QED) is 0.890. The van der Waals surface area contributed by atoms with Gasteiger partial charge in [-0.3, -0.25) is 0 Å². The van der Waals surface area contributed by atoms with Gasteiger partial charge in [0, 0.05) is 16.7 Å². The summed E-state index contributed by atoms with van der Waals surface area (Å²) in [5.41, 5.74) is 1.68. The first kappa shape index (κ1) is 12.4. The summed E-state index contributed by atoms with van der Waals surface area (Å²) in [6.45, 7) is 3.23. The zero-order valence-electron chi connectivity index (χ0n) is 9.79. The lowest BCUT2D eigenvalue weighted by Gasteiger charge is -2.38. The van der Waals surface area contributed by atoms with E-state index in [1.54, 1.807) is 6.07 Å². The molecular weight excluding hydrogens is 282 g/mol. The predicted octanol–water partition coefficient (Wildman–Crippen LogP) is 3.75. The maximum atomic E-state index is 10.9. The Morgan fingerprint density at radius 2 is 2.24 bits per heavy atom. The third kappa shape index (κ3) is 2.80. The lowest BCUT2D eigenvalue weighted by atomic mass is 9.70. The Labute approximate surface area is 109 Å². The summed E-state index contributed by atoms with van der Waals surface area (Å²) in [5.74, 6) is -0.908. The Hall–Kier alpha value is -1.03. The van der Waals surface area contributed by atoms with Gasteiger partial charge in [0.05, 0.1) is 5.56 Å². The molecule has 2 rings (SSSR count). The van der Waals surface area contributed by atoms with Gasteiger partial charge in [0.1, 0.15) is 0 Å². The van der Waals surface area contributed by atoms with Crippen molar-refractivity contribution >= 4 is 27.6 Å². The van der Waals surface area contributed by atoms with Crippen LogP contribution >= 0.6 is 15.9 Å². The van der Waals surface area contributed by atoms with Crippen molar-refractivity contribution in [1.29, 1.82) is 0 Å². The van der Waals surface area contributed by atoms with Crippen molar-refractivity contribution in [3.63, 3.8) is 0 Å². The molecule has 0 heterocycles. The maximum Gasteiger partial charge on any atom is 0.336 e. The summed E-state index contributed by atoms with van der Waals surface area (Å²) < 4.78 is 0.619. The lowest BCUT2D eigenvalue weighted by Crippen LogP contribution is -2.33. The zero-order chi connectivity index (χ0) is 12.5. The van der Waals surface area contributed by atoms with E-state index in [1.165, 1.54) is 19.3 Å². The maximum absolute atomic E-state index is 10.9. The molecule has 2 N–H and O–H groups in total. The molecule has 3 nitrogen and oxygen atoms in total. The minimum absolute atomic E-state index is 0.297. The number of benzene rings is 1. The van der Waals surface area contributed by atoms with Crippen LogP contribution in [0.3, 0.4) is 0 Å². The molecule has 0 atom stereocenters. The van der Waals surface area contributed by atoms with E-state index in [0.29, 0.717) is 15.5 Å². The van der Waals surface area contributed by atoms with Crippen LogP contribution < -0.4 is 5.32 Å². The summed E-state index contributed by atoms with van der Waals surface area (Å²) in [6, 6.07) is 5.26. The Morgan fingerprint density at radius 3 is 2.71 bits per heavy atom. The second kappa shape index (κ2) is 4.69. The smallest absolute Gasteiger partial charge is 0.336 e. The van der Waals surface area contributed by atoms with E-state index < -0.39 is 5.97 Å². The van der Waals surface area contributed by atoms with Crippen molar-refractivity contribution in [2.24, 2.45) is 5.41 Å². The van der Waals surface area contributed by atoms with Crippen molar-refractivity contribution in [3.05, 3.63) is 28.2 Å². The molecule has 0 saturated heterocycles. The van der Waals surface area contributed by atoms with E-state index in [-0.39, 0.29) is 0 Å². The number of hydrogen-bond acceptors (Lipinski definition) is 2. The molecule has 0 radical (unpaired) electrons. The lowest BCUT2D eigenvalue weighted by molar-refractivity contribution is 0.0696. The number of nitrogens with one attached hydrogen (secondary N) is 1. The van der Waals surface area contributed by atoms with Gasteiger partial charge in [-0.15, -0.1) is 0 Å². The summed E-state index contributed by atoms with van der Waals surface area (Å²) in [6.07, 6.45) is 3.86. The number of aromatic carboxylic acids is 1. The fourth-order valence-electron chi connectivity index (χ4n) is 2.07. The molecule has 0 aromatic heterocycles. The molecule has 1 aromatic carbocycles. The van der Waals surface area contributed by atoms with E-state index in [4.69, 9.17) is 5.11 Å². The topological polar surface area (TPSA) is 49.3 Å². The summed E-state index contributed by atoms with van der Waals surface area (Å²) >= 11 is 3.28. The molecule has 1 saturated carbocycles. The van der Waals surface area contributed by atoms with Crippen LogP contribution in [0.2, 0.25) is 0 Å². The van der Waals surface area contributed by atoms with E-state index in [9.17, 15) is 4.79 Å². The molecule has 0 amide bonds. The second-order valence-corrected chi connectivity index (χ2v) is 5.87. The average Bonchev–Trinajstić information content (AvgIpc) is 2.23. The van der Waals surface area contributed by atoms with Gasteiger partial charge in [-0.2, -0.15) is 0 Å². The van der Waals surface area contributed by atoms with Crippen molar-refractivity contribution < 1.29 is 9.90 Å². The minimum atomic E-state index is -0.908. The minimum Gasteiger partial charge on any atom is -0.478 e. The number of anilines is 1. The van der Waals surface area contributed by atoms with E-state index in [0.717, 1.165) is 12.2 Å². The Kier molecular flexibility index (Phi) is 3.43. The molecule has 92 valence electrons. The molecular formula is C13H16BrNO2. The van der Waals surface area contributed by atoms with Crippen molar-refractivity contribution in [3.8, 4) is 0 Å². The number of rotatable bonds is 4. The normalized spacial score (nSPS) is 17.3. The van der Waals surface area contributed by atoms with Gasteiger partial charge < -0.3 is 10.4 Å². The van der Waals surface area contributed by atoms with Crippen LogP contribution in [0.4, 0.5) is 5.69 Å². The standard InChI is InChI=1S/C13H16BrNO2/c1-13(5-2-6-13)8-15-9-3-4-10(12(16)17)11(14)7-9/h3-4,7,15H,2,5-6,8H2,1H3,(H,16,17). The number of hydrogen-bond donors (Lipinski definition) is 2. The Morgan fingerprint density at radius 1 is 1.53 bits per heavy atom. The first-order chi connectivity index (χ1) is 8.00.